The Bertz CT molecular complexity index is 1920. The molecule has 3 heterocycles. The van der Waals surface area contributed by atoms with Gasteiger partial charge in [0.15, 0.2) is 5.78 Å². The summed E-state index contributed by atoms with van der Waals surface area (Å²) in [5.74, 6) is 0.0835. The lowest BCUT2D eigenvalue weighted by Crippen LogP contribution is -2.52. The number of nitrogens with zero attached hydrogens (tertiary/aromatic N) is 2. The van der Waals surface area contributed by atoms with Crippen LogP contribution in [0.25, 0.3) is 22.3 Å². The van der Waals surface area contributed by atoms with Gasteiger partial charge in [-0.1, -0.05) is 18.2 Å². The molecule has 1 spiro atoms. The summed E-state index contributed by atoms with van der Waals surface area (Å²) in [4.78, 5) is 57.3. The molecular weight excluding hydrogens is 626 g/mol. The molecule has 4 aromatic rings. The van der Waals surface area contributed by atoms with Crippen molar-refractivity contribution < 1.29 is 38.1 Å². The van der Waals surface area contributed by atoms with Gasteiger partial charge < -0.3 is 29.6 Å². The van der Waals surface area contributed by atoms with E-state index < -0.39 is 17.5 Å². The minimum Gasteiger partial charge on any atom is -0.493 e. The number of esters is 1. The van der Waals surface area contributed by atoms with Gasteiger partial charge >= 0.3 is 5.97 Å². The molecule has 0 atom stereocenters. The highest BCUT2D eigenvalue weighted by molar-refractivity contribution is 6.02. The smallest absolute Gasteiger partial charge is 0.339 e. The second-order valence-corrected chi connectivity index (χ2v) is 12.0. The lowest BCUT2D eigenvalue weighted by atomic mass is 9.81. The van der Waals surface area contributed by atoms with Crippen molar-refractivity contribution in [2.75, 3.05) is 33.4 Å². The fourth-order valence-electron chi connectivity index (χ4n) is 6.45. The molecule has 0 aliphatic carbocycles. The topological polar surface area (TPSA) is 147 Å². The summed E-state index contributed by atoms with van der Waals surface area (Å²) in [5.41, 5.74) is 9.00. The van der Waals surface area contributed by atoms with Crippen LogP contribution in [0.4, 0.5) is 0 Å². The van der Waals surface area contributed by atoms with Crippen LogP contribution in [0.15, 0.2) is 73.1 Å². The van der Waals surface area contributed by atoms with Gasteiger partial charge in [0.25, 0.3) is 5.91 Å². The Labute approximate surface area is 283 Å². The molecule has 1 aromatic heterocycles. The normalized spacial score (nSPS) is 14.8. The molecule has 0 radical (unpaired) electrons. The minimum atomic E-state index is -0.720. The Kier molecular flexibility index (Phi) is 9.35. The van der Waals surface area contributed by atoms with E-state index >= 15 is 0 Å². The number of fused-ring (bicyclic) bond motifs is 1. The van der Waals surface area contributed by atoms with E-state index in [1.807, 2.05) is 26.0 Å². The maximum atomic E-state index is 13.9. The largest absolute Gasteiger partial charge is 0.493 e. The van der Waals surface area contributed by atoms with Crippen LogP contribution in [-0.4, -0.2) is 72.5 Å². The van der Waals surface area contributed by atoms with E-state index in [4.69, 9.17) is 24.7 Å². The lowest BCUT2D eigenvalue weighted by molar-refractivity contribution is -0.00574. The molecule has 3 aromatic carbocycles. The predicted octanol–water partition coefficient (Wildman–Crippen LogP) is 5.74. The number of pyridine rings is 1. The quantitative estimate of drug-likeness (QED) is 0.222. The van der Waals surface area contributed by atoms with Crippen molar-refractivity contribution in [2.45, 2.75) is 38.7 Å². The first-order chi connectivity index (χ1) is 23.6. The Morgan fingerprint density at radius 2 is 1.53 bits per heavy atom. The third kappa shape index (κ3) is 6.69. The fourth-order valence-corrected chi connectivity index (χ4v) is 6.45. The number of Topliss-reactive ketones (excluding diaryl/α,β-unsaturated/α-hetero) is 1. The molecule has 6 rings (SSSR count). The molecule has 252 valence electrons. The number of nitrogens with two attached hydrogens (primary N) is 1. The summed E-state index contributed by atoms with van der Waals surface area (Å²) in [5, 5.41) is 0. The first kappa shape index (κ1) is 33.2. The number of benzene rings is 3. The monoisotopic (exact) mass is 663 g/mol. The van der Waals surface area contributed by atoms with E-state index in [2.05, 4.69) is 4.98 Å². The van der Waals surface area contributed by atoms with E-state index in [9.17, 15) is 19.2 Å². The molecule has 2 aliphatic rings. The van der Waals surface area contributed by atoms with E-state index in [-0.39, 0.29) is 23.7 Å². The number of ether oxygens (including phenoxy) is 4. The average Bonchev–Trinajstić information content (AvgIpc) is 3.11. The second kappa shape index (κ2) is 13.8. The number of ketones is 1. The third-order valence-corrected chi connectivity index (χ3v) is 8.89. The number of aromatic nitrogens is 1. The number of amides is 2. The Hall–Kier alpha value is -5.71. The van der Waals surface area contributed by atoms with Crippen molar-refractivity contribution >= 4 is 23.6 Å². The number of hydrogen-bond acceptors (Lipinski definition) is 9. The average molecular weight is 664 g/mol. The van der Waals surface area contributed by atoms with Crippen LogP contribution in [0.2, 0.25) is 0 Å². The van der Waals surface area contributed by atoms with Gasteiger partial charge in [-0.25, -0.2) is 4.79 Å². The maximum absolute atomic E-state index is 13.9. The molecule has 0 unspecified atom stereocenters. The summed E-state index contributed by atoms with van der Waals surface area (Å²) < 4.78 is 23.4. The van der Waals surface area contributed by atoms with Crippen LogP contribution >= 0.6 is 0 Å². The number of primary amides is 1. The van der Waals surface area contributed by atoms with Crippen molar-refractivity contribution in [1.82, 2.24) is 9.88 Å². The Morgan fingerprint density at radius 1 is 0.857 bits per heavy atom. The maximum Gasteiger partial charge on any atom is 0.339 e. The fraction of sp³-hybridized carbons (Fsp3) is 0.289. The summed E-state index contributed by atoms with van der Waals surface area (Å²) >= 11 is 0. The molecule has 0 saturated carbocycles. The summed E-state index contributed by atoms with van der Waals surface area (Å²) in [6.07, 6.45) is 4.18. The van der Waals surface area contributed by atoms with Crippen LogP contribution < -0.4 is 19.9 Å². The van der Waals surface area contributed by atoms with Gasteiger partial charge in [-0.15, -0.1) is 0 Å². The van der Waals surface area contributed by atoms with Crippen LogP contribution in [0, 0.1) is 0 Å². The van der Waals surface area contributed by atoms with Crippen LogP contribution in [-0.2, 0) is 4.74 Å². The highest BCUT2D eigenvalue weighted by Gasteiger charge is 2.44. The Morgan fingerprint density at radius 3 is 2.18 bits per heavy atom. The minimum absolute atomic E-state index is 0.0296. The second-order valence-electron chi connectivity index (χ2n) is 12.0. The number of rotatable bonds is 9. The molecule has 49 heavy (non-hydrogen) atoms. The standard InChI is InChI=1S/C38H37N3O8/c1-4-47-32-18-26(19-33(48-5-2)34(32)27-16-28(22-40-21-27)37(45)46-3)36(44)41-13-11-38(12-14-41)20-30(42)29-17-24(9-10-31(29)49-38)23-7-6-8-25(15-23)35(39)43/h6-10,15-19,21-22H,4-5,11-14,20H2,1-3H3,(H2,39,43). The zero-order chi connectivity index (χ0) is 34.7. The number of methoxy groups -OCH3 is 1. The molecule has 0 bridgehead atoms. The van der Waals surface area contributed by atoms with Gasteiger partial charge in [-0.3, -0.25) is 19.4 Å². The molecular formula is C38H37N3O8. The van der Waals surface area contributed by atoms with Crippen molar-refractivity contribution in [3.63, 3.8) is 0 Å². The van der Waals surface area contributed by atoms with Crippen LogP contribution in [0.1, 0.15) is 74.5 Å². The number of likely N-dealkylation sites (tertiary alicyclic amines) is 1. The third-order valence-electron chi connectivity index (χ3n) is 8.89. The SMILES string of the molecule is CCOc1cc(C(=O)N2CCC3(CC2)CC(=O)c2cc(-c4cccc(C(N)=O)c4)ccc2O3)cc(OCC)c1-c1cncc(C(=O)OC)c1. The van der Waals surface area contributed by atoms with Gasteiger partial charge in [-0.05, 0) is 67.4 Å². The molecule has 2 amide bonds. The predicted molar refractivity (Wildman–Crippen MR) is 181 cm³/mol. The van der Waals surface area contributed by atoms with Gasteiger partial charge in [0, 0.05) is 55.0 Å². The van der Waals surface area contributed by atoms with Crippen molar-refractivity contribution in [1.29, 1.82) is 0 Å². The van der Waals surface area contributed by atoms with E-state index in [1.165, 1.54) is 13.3 Å². The van der Waals surface area contributed by atoms with Crippen LogP contribution in [0.3, 0.4) is 0 Å². The number of carbonyl (C=O) groups excluding carboxylic acids is 4. The molecule has 2 aliphatic heterocycles. The van der Waals surface area contributed by atoms with E-state index in [0.29, 0.717) is 84.2 Å². The number of piperidine rings is 1. The molecule has 1 fully saturated rings. The van der Waals surface area contributed by atoms with E-state index in [0.717, 1.165) is 11.1 Å². The lowest BCUT2D eigenvalue weighted by Gasteiger charge is -2.44. The summed E-state index contributed by atoms with van der Waals surface area (Å²) in [6.45, 7) is 5.14. The molecule has 1 saturated heterocycles. The molecule has 11 heteroatoms. The number of hydrogen-bond donors (Lipinski definition) is 1. The van der Waals surface area contributed by atoms with Crippen molar-refractivity contribution in [3.05, 3.63) is 95.3 Å². The Balaban J connectivity index is 1.21. The number of carbonyl (C=O) groups is 4. The van der Waals surface area contributed by atoms with Gasteiger partial charge in [0.05, 0.1) is 43.4 Å². The highest BCUT2D eigenvalue weighted by Crippen LogP contribution is 2.43. The van der Waals surface area contributed by atoms with Crippen LogP contribution in [0.5, 0.6) is 17.2 Å². The first-order valence-corrected chi connectivity index (χ1v) is 16.2. The molecule has 11 nitrogen and oxygen atoms in total. The zero-order valence-electron chi connectivity index (χ0n) is 27.6. The van der Waals surface area contributed by atoms with E-state index in [1.54, 1.807) is 59.6 Å². The zero-order valence-corrected chi connectivity index (χ0v) is 27.6. The first-order valence-electron chi connectivity index (χ1n) is 16.2. The summed E-state index contributed by atoms with van der Waals surface area (Å²) in [6, 6.07) is 17.4. The highest BCUT2D eigenvalue weighted by atomic mass is 16.5. The summed E-state index contributed by atoms with van der Waals surface area (Å²) in [7, 11) is 1.30. The van der Waals surface area contributed by atoms with Crippen molar-refractivity contribution in [3.8, 4) is 39.5 Å². The van der Waals surface area contributed by atoms with Gasteiger partial charge in [-0.2, -0.15) is 0 Å². The van der Waals surface area contributed by atoms with Gasteiger partial charge in [0.2, 0.25) is 5.91 Å². The van der Waals surface area contributed by atoms with Crippen molar-refractivity contribution in [2.24, 2.45) is 5.73 Å². The van der Waals surface area contributed by atoms with Gasteiger partial charge in [0.1, 0.15) is 22.8 Å². The molecule has 2 N–H and O–H groups in total.